The van der Waals surface area contributed by atoms with Crippen LogP contribution in [0.15, 0.2) is 0 Å². The predicted molar refractivity (Wildman–Crippen MR) is 409 cm³/mol. The molecule has 3 N–H and O–H groups in total. The second-order valence-electron chi connectivity index (χ2n) is 30.4. The fourth-order valence-electron chi connectivity index (χ4n) is 12.5. The Labute approximate surface area is 613 Å². The number of phosphoric acid groups is 2. The Morgan fingerprint density at radius 3 is 0.760 bits per heavy atom. The minimum atomic E-state index is -4.96. The highest BCUT2D eigenvalue weighted by atomic mass is 31.2. The van der Waals surface area contributed by atoms with Crippen LogP contribution in [0, 0.1) is 17.8 Å². The maximum atomic E-state index is 13.1. The monoisotopic (exact) mass is 1470 g/mol. The van der Waals surface area contributed by atoms with E-state index in [1.807, 2.05) is 0 Å². The summed E-state index contributed by atoms with van der Waals surface area (Å²) in [6.07, 6.45) is 59.7. The van der Waals surface area contributed by atoms with Crippen LogP contribution in [-0.4, -0.2) is 96.7 Å². The predicted octanol–water partition coefficient (Wildman–Crippen LogP) is 24.1. The van der Waals surface area contributed by atoms with Crippen molar-refractivity contribution in [3.05, 3.63) is 0 Å². The maximum Gasteiger partial charge on any atom is 0.472 e. The van der Waals surface area contributed by atoms with Crippen LogP contribution in [0.2, 0.25) is 0 Å². The molecule has 6 atom stereocenters. The summed E-state index contributed by atoms with van der Waals surface area (Å²) in [6.45, 7) is 11.9. The quantitative estimate of drug-likeness (QED) is 0.0222. The fraction of sp³-hybridized carbons (Fsp3) is 0.951. The van der Waals surface area contributed by atoms with Crippen molar-refractivity contribution >= 4 is 39.5 Å². The number of carbonyl (C=O) groups is 4. The zero-order chi connectivity index (χ0) is 73.7. The molecule has 0 spiro atoms. The third-order valence-electron chi connectivity index (χ3n) is 19.2. The Balaban J connectivity index is 5.25. The first-order valence-electron chi connectivity index (χ1n) is 41.9. The molecular formula is C81H158O17P2. The van der Waals surface area contributed by atoms with E-state index in [0.29, 0.717) is 25.7 Å². The van der Waals surface area contributed by atoms with Crippen molar-refractivity contribution in [3.63, 3.8) is 0 Å². The third-order valence-corrected chi connectivity index (χ3v) is 21.1. The summed E-state index contributed by atoms with van der Waals surface area (Å²) in [5, 5.41) is 10.6. The van der Waals surface area contributed by atoms with Gasteiger partial charge in [0.05, 0.1) is 26.4 Å². The molecule has 0 fully saturated rings. The largest absolute Gasteiger partial charge is 0.472 e. The highest BCUT2D eigenvalue weighted by Gasteiger charge is 2.30. The lowest BCUT2D eigenvalue weighted by atomic mass is 9.99. The Kier molecular flexibility index (Phi) is 69.9. The normalized spacial score (nSPS) is 14.2. The number of phosphoric ester groups is 2. The number of carbonyl (C=O) groups excluding carboxylic acids is 4. The van der Waals surface area contributed by atoms with E-state index in [4.69, 9.17) is 37.0 Å². The molecule has 0 saturated carbocycles. The van der Waals surface area contributed by atoms with Gasteiger partial charge in [0, 0.05) is 25.7 Å². The van der Waals surface area contributed by atoms with Crippen molar-refractivity contribution in [2.24, 2.45) is 17.8 Å². The molecule has 0 radical (unpaired) electrons. The van der Waals surface area contributed by atoms with E-state index in [9.17, 15) is 43.2 Å². The number of aliphatic hydroxyl groups excluding tert-OH is 1. The summed E-state index contributed by atoms with van der Waals surface area (Å²) in [5.41, 5.74) is 0. The number of unbranched alkanes of at least 4 members (excludes halogenated alkanes) is 46. The van der Waals surface area contributed by atoms with E-state index in [2.05, 4.69) is 48.5 Å². The second-order valence-corrected chi connectivity index (χ2v) is 33.3. The van der Waals surface area contributed by atoms with Gasteiger partial charge in [-0.25, -0.2) is 9.13 Å². The van der Waals surface area contributed by atoms with Gasteiger partial charge in [-0.2, -0.15) is 0 Å². The lowest BCUT2D eigenvalue weighted by Gasteiger charge is -2.21. The summed E-state index contributed by atoms with van der Waals surface area (Å²) < 4.78 is 68.7. The van der Waals surface area contributed by atoms with Crippen molar-refractivity contribution < 1.29 is 80.2 Å². The van der Waals surface area contributed by atoms with Crippen LogP contribution < -0.4 is 0 Å². The van der Waals surface area contributed by atoms with Crippen LogP contribution in [0.5, 0.6) is 0 Å². The average Bonchev–Trinajstić information content (AvgIpc) is 0.914. The lowest BCUT2D eigenvalue weighted by Crippen LogP contribution is -2.30. The first-order valence-corrected chi connectivity index (χ1v) is 44.9. The first-order chi connectivity index (χ1) is 48.3. The van der Waals surface area contributed by atoms with Gasteiger partial charge < -0.3 is 33.8 Å². The van der Waals surface area contributed by atoms with E-state index >= 15 is 0 Å². The third kappa shape index (κ3) is 73.0. The van der Waals surface area contributed by atoms with E-state index in [-0.39, 0.29) is 25.7 Å². The number of esters is 4. The fourth-order valence-corrected chi connectivity index (χ4v) is 14.0. The second kappa shape index (κ2) is 71.3. The zero-order valence-corrected chi connectivity index (χ0v) is 67.5. The van der Waals surface area contributed by atoms with Gasteiger partial charge in [0.1, 0.15) is 19.3 Å². The lowest BCUT2D eigenvalue weighted by molar-refractivity contribution is -0.161. The molecule has 100 heavy (non-hydrogen) atoms. The Morgan fingerprint density at radius 1 is 0.290 bits per heavy atom. The van der Waals surface area contributed by atoms with Crippen molar-refractivity contribution in [2.75, 3.05) is 39.6 Å². The molecule has 0 aliphatic heterocycles. The SMILES string of the molecule is CCCCCCCCCCCCCCCCCCCCCCC(=O)O[C@H](COC(=O)CCCCCCCCCCCCCCCC(C)C)COP(=O)(O)OC[C@@H](O)COP(=O)(O)OC[C@@H](COC(=O)CCCCCCCCCCC(C)CC)OC(=O)CCCCCCCCCCCC(C)C. The maximum absolute atomic E-state index is 13.1. The molecule has 0 aliphatic carbocycles. The summed E-state index contributed by atoms with van der Waals surface area (Å²) >= 11 is 0. The van der Waals surface area contributed by atoms with Crippen LogP contribution in [0.4, 0.5) is 0 Å². The first kappa shape index (κ1) is 98.1. The van der Waals surface area contributed by atoms with Gasteiger partial charge in [-0.15, -0.1) is 0 Å². The van der Waals surface area contributed by atoms with E-state index in [0.717, 1.165) is 108 Å². The molecule has 0 aromatic carbocycles. The van der Waals surface area contributed by atoms with E-state index in [1.54, 1.807) is 0 Å². The molecular weight excluding hydrogens is 1310 g/mol. The molecule has 3 unspecified atom stereocenters. The molecule has 0 heterocycles. The molecule has 0 aromatic heterocycles. The number of ether oxygens (including phenoxy) is 4. The minimum absolute atomic E-state index is 0.105. The standard InChI is InChI=1S/C81H158O17P2/c1-8-10-11-12-13-14-15-16-17-18-19-20-21-22-25-29-34-43-50-57-64-80(85)97-76(68-91-78(83)62-55-48-41-33-28-26-23-24-27-31-38-45-52-59-72(3)4)70-95-99(87,88)93-66-75(82)67-94-100(89,90)96-71-77(98-81(86)65-58-51-44-35-30-32-39-46-53-60-73(5)6)69-92-79(84)63-56-49-42-37-36-40-47-54-61-74(7)9-2/h72-77,82H,8-71H2,1-7H3,(H,87,88)(H,89,90)/t74?,75-,76-,77-/m1/s1. The van der Waals surface area contributed by atoms with Crippen molar-refractivity contribution in [1.29, 1.82) is 0 Å². The number of aliphatic hydroxyl groups is 1. The van der Waals surface area contributed by atoms with Crippen LogP contribution >= 0.6 is 15.6 Å². The Morgan fingerprint density at radius 2 is 0.510 bits per heavy atom. The summed E-state index contributed by atoms with van der Waals surface area (Å²) in [6, 6.07) is 0. The van der Waals surface area contributed by atoms with Gasteiger partial charge in [-0.3, -0.25) is 37.3 Å². The Bertz CT molecular complexity index is 1940. The highest BCUT2D eigenvalue weighted by Crippen LogP contribution is 2.45. The summed E-state index contributed by atoms with van der Waals surface area (Å²) in [4.78, 5) is 73.0. The number of hydrogen-bond acceptors (Lipinski definition) is 15. The van der Waals surface area contributed by atoms with Crippen molar-refractivity contribution in [1.82, 2.24) is 0 Å². The van der Waals surface area contributed by atoms with E-state index < -0.39 is 97.5 Å². The summed E-state index contributed by atoms with van der Waals surface area (Å²) in [7, 11) is -9.92. The van der Waals surface area contributed by atoms with Gasteiger partial charge in [-0.1, -0.05) is 370 Å². The molecule has 0 amide bonds. The molecule has 0 rings (SSSR count). The van der Waals surface area contributed by atoms with Crippen molar-refractivity contribution in [2.45, 2.75) is 439 Å². The van der Waals surface area contributed by atoms with Crippen LogP contribution in [0.25, 0.3) is 0 Å². The Hall–Kier alpha value is -1.94. The summed E-state index contributed by atoms with van der Waals surface area (Å²) in [5.74, 6) is 0.193. The van der Waals surface area contributed by atoms with Crippen LogP contribution in [0.1, 0.15) is 421 Å². The molecule has 0 aliphatic rings. The van der Waals surface area contributed by atoms with Gasteiger partial charge in [-0.05, 0) is 43.4 Å². The zero-order valence-electron chi connectivity index (χ0n) is 65.7. The van der Waals surface area contributed by atoms with Gasteiger partial charge in [0.15, 0.2) is 12.2 Å². The number of rotatable bonds is 79. The van der Waals surface area contributed by atoms with Crippen molar-refractivity contribution in [3.8, 4) is 0 Å². The molecule has 17 nitrogen and oxygen atoms in total. The van der Waals surface area contributed by atoms with Crippen LogP contribution in [0.3, 0.4) is 0 Å². The van der Waals surface area contributed by atoms with Gasteiger partial charge in [0.2, 0.25) is 0 Å². The topological polar surface area (TPSA) is 237 Å². The van der Waals surface area contributed by atoms with Crippen LogP contribution in [-0.2, 0) is 65.4 Å². The smallest absolute Gasteiger partial charge is 0.462 e. The van der Waals surface area contributed by atoms with E-state index in [1.165, 1.54) is 231 Å². The molecule has 0 bridgehead atoms. The number of hydrogen-bond donors (Lipinski definition) is 3. The molecule has 0 saturated heterocycles. The highest BCUT2D eigenvalue weighted by molar-refractivity contribution is 7.47. The molecule has 594 valence electrons. The molecule has 19 heteroatoms. The van der Waals surface area contributed by atoms with Gasteiger partial charge >= 0.3 is 39.5 Å². The minimum Gasteiger partial charge on any atom is -0.462 e. The average molecular weight is 1470 g/mol. The molecule has 0 aromatic rings. The van der Waals surface area contributed by atoms with Gasteiger partial charge in [0.25, 0.3) is 0 Å².